The Kier molecular flexibility index (Phi) is 2.27. The number of benzene rings is 2. The van der Waals surface area contributed by atoms with E-state index in [0.717, 1.165) is 10.9 Å². The van der Waals surface area contributed by atoms with E-state index < -0.39 is 0 Å². The van der Waals surface area contributed by atoms with Gasteiger partial charge in [-0.15, -0.1) is 0 Å². The van der Waals surface area contributed by atoms with Gasteiger partial charge in [0.25, 0.3) is 0 Å². The largest absolute Gasteiger partial charge is 0.464 e. The maximum atomic E-state index is 12.6. The lowest BCUT2D eigenvalue weighted by Crippen LogP contribution is -2.04. The summed E-state index contributed by atoms with van der Waals surface area (Å²) in [5.74, 6) is 0. The van der Waals surface area contributed by atoms with Gasteiger partial charge in [0.05, 0.1) is 17.2 Å². The molecule has 0 aliphatic rings. The average Bonchev–Trinajstić information content (AvgIpc) is 2.94. The fourth-order valence-electron chi connectivity index (χ4n) is 2.40. The molecule has 0 fully saturated rings. The van der Waals surface area contributed by atoms with Gasteiger partial charge in [0, 0.05) is 11.5 Å². The lowest BCUT2D eigenvalue weighted by atomic mass is 10.1. The van der Waals surface area contributed by atoms with Crippen LogP contribution in [0, 0.1) is 0 Å². The molecule has 0 unspecified atom stereocenters. The molecule has 0 spiro atoms. The molecule has 0 saturated heterocycles. The summed E-state index contributed by atoms with van der Waals surface area (Å²) in [5.41, 5.74) is 2.65. The van der Waals surface area contributed by atoms with Crippen molar-refractivity contribution in [2.24, 2.45) is 0 Å². The van der Waals surface area contributed by atoms with Gasteiger partial charge in [-0.3, -0.25) is 4.79 Å². The van der Waals surface area contributed by atoms with Gasteiger partial charge < -0.3 is 8.83 Å². The van der Waals surface area contributed by atoms with E-state index in [2.05, 4.69) is 0 Å². The highest BCUT2D eigenvalue weighted by Gasteiger charge is 2.10. The van der Waals surface area contributed by atoms with Crippen molar-refractivity contribution in [2.75, 3.05) is 0 Å². The Morgan fingerprint density at radius 1 is 0.850 bits per heavy atom. The van der Waals surface area contributed by atoms with Crippen molar-refractivity contribution in [1.29, 1.82) is 0 Å². The molecule has 20 heavy (non-hydrogen) atoms. The van der Waals surface area contributed by atoms with Crippen LogP contribution in [0.25, 0.3) is 33.1 Å². The fourth-order valence-corrected chi connectivity index (χ4v) is 2.40. The van der Waals surface area contributed by atoms with Gasteiger partial charge in [-0.2, -0.15) is 0 Å². The third kappa shape index (κ3) is 1.57. The van der Waals surface area contributed by atoms with Gasteiger partial charge in [0.2, 0.25) is 5.43 Å². The van der Waals surface area contributed by atoms with Crippen LogP contribution in [0.5, 0.6) is 0 Å². The second-order valence-electron chi connectivity index (χ2n) is 4.65. The normalized spacial score (nSPS) is 11.2. The molecule has 96 valence electrons. The van der Waals surface area contributed by atoms with E-state index in [1.54, 1.807) is 12.3 Å². The molecule has 0 amide bonds. The maximum absolute atomic E-state index is 12.6. The first-order chi connectivity index (χ1) is 9.83. The van der Waals surface area contributed by atoms with E-state index in [1.807, 2.05) is 42.5 Å². The smallest absolute Gasteiger partial charge is 0.200 e. The molecule has 4 aromatic rings. The first-order valence-corrected chi connectivity index (χ1v) is 6.31. The summed E-state index contributed by atoms with van der Waals surface area (Å²) in [4.78, 5) is 12.6. The predicted octanol–water partition coefficient (Wildman–Crippen LogP) is 4.21. The van der Waals surface area contributed by atoms with Gasteiger partial charge in [-0.25, -0.2) is 0 Å². The van der Waals surface area contributed by atoms with Crippen LogP contribution in [-0.2, 0) is 0 Å². The van der Waals surface area contributed by atoms with Crippen LogP contribution in [0.2, 0.25) is 0 Å². The average molecular weight is 262 g/mol. The Morgan fingerprint density at radius 3 is 2.55 bits per heavy atom. The molecule has 0 atom stereocenters. The third-order valence-electron chi connectivity index (χ3n) is 3.43. The lowest BCUT2D eigenvalue weighted by molar-refractivity contribution is 0.597. The van der Waals surface area contributed by atoms with Gasteiger partial charge in [0.1, 0.15) is 17.4 Å². The van der Waals surface area contributed by atoms with Gasteiger partial charge in [-0.1, -0.05) is 30.3 Å². The molecule has 2 aromatic carbocycles. The summed E-state index contributed by atoms with van der Waals surface area (Å²) < 4.78 is 10.9. The van der Waals surface area contributed by atoms with E-state index in [4.69, 9.17) is 8.83 Å². The van der Waals surface area contributed by atoms with Crippen molar-refractivity contribution in [3.63, 3.8) is 0 Å². The predicted molar refractivity (Wildman–Crippen MR) is 77.7 cm³/mol. The number of hydrogen-bond acceptors (Lipinski definition) is 3. The van der Waals surface area contributed by atoms with Crippen molar-refractivity contribution >= 4 is 21.9 Å². The van der Waals surface area contributed by atoms with Crippen LogP contribution in [0.1, 0.15) is 0 Å². The molecule has 0 aliphatic carbocycles. The topological polar surface area (TPSA) is 43.4 Å². The summed E-state index contributed by atoms with van der Waals surface area (Å²) in [5, 5.41) is 1.47. The first-order valence-electron chi connectivity index (χ1n) is 6.31. The van der Waals surface area contributed by atoms with Gasteiger partial charge >= 0.3 is 0 Å². The molecule has 0 radical (unpaired) electrons. The van der Waals surface area contributed by atoms with E-state index in [0.29, 0.717) is 22.1 Å². The zero-order valence-electron chi connectivity index (χ0n) is 10.5. The number of rotatable bonds is 1. The SMILES string of the molecule is O=c1c(-c2ccccc2)coc2cc3occc3cc12. The molecule has 0 aliphatic heterocycles. The Hall–Kier alpha value is -2.81. The summed E-state index contributed by atoms with van der Waals surface area (Å²) >= 11 is 0. The Labute approximate surface area is 114 Å². The monoisotopic (exact) mass is 262 g/mol. The molecule has 3 heteroatoms. The Morgan fingerprint density at radius 2 is 1.70 bits per heavy atom. The summed E-state index contributed by atoms with van der Waals surface area (Å²) in [7, 11) is 0. The van der Waals surface area contributed by atoms with E-state index in [1.165, 1.54) is 6.26 Å². The number of hydrogen-bond donors (Lipinski definition) is 0. The molecular weight excluding hydrogens is 252 g/mol. The number of fused-ring (bicyclic) bond motifs is 2. The van der Waals surface area contributed by atoms with Crippen molar-refractivity contribution in [2.45, 2.75) is 0 Å². The minimum absolute atomic E-state index is 0.0273. The highest BCUT2D eigenvalue weighted by molar-refractivity contribution is 5.94. The molecule has 0 N–H and O–H groups in total. The van der Waals surface area contributed by atoms with Crippen LogP contribution in [-0.4, -0.2) is 0 Å². The molecule has 0 saturated carbocycles. The quantitative estimate of drug-likeness (QED) is 0.516. The molecule has 4 rings (SSSR count). The summed E-state index contributed by atoms with van der Waals surface area (Å²) in [6, 6.07) is 14.9. The second-order valence-corrected chi connectivity index (χ2v) is 4.65. The standard InChI is InChI=1S/C17H10O3/c18-17-13-8-12-6-7-19-15(12)9-16(13)20-10-14(17)11-4-2-1-3-5-11/h1-10H. The Bertz CT molecular complexity index is 962. The van der Waals surface area contributed by atoms with E-state index in [-0.39, 0.29) is 5.43 Å². The van der Waals surface area contributed by atoms with E-state index >= 15 is 0 Å². The van der Waals surface area contributed by atoms with Crippen molar-refractivity contribution in [3.05, 3.63) is 71.3 Å². The lowest BCUT2D eigenvalue weighted by Gasteiger charge is -2.02. The molecule has 2 heterocycles. The molecular formula is C17H10O3. The summed E-state index contributed by atoms with van der Waals surface area (Å²) in [6.07, 6.45) is 3.11. The fraction of sp³-hybridized carbons (Fsp3) is 0. The zero-order valence-corrected chi connectivity index (χ0v) is 10.5. The summed E-state index contributed by atoms with van der Waals surface area (Å²) in [6.45, 7) is 0. The van der Waals surface area contributed by atoms with E-state index in [9.17, 15) is 4.79 Å². The van der Waals surface area contributed by atoms with Crippen LogP contribution in [0.4, 0.5) is 0 Å². The minimum Gasteiger partial charge on any atom is -0.464 e. The molecule has 0 bridgehead atoms. The highest BCUT2D eigenvalue weighted by atomic mass is 16.3. The minimum atomic E-state index is -0.0273. The second kappa shape index (κ2) is 4.10. The highest BCUT2D eigenvalue weighted by Crippen LogP contribution is 2.24. The van der Waals surface area contributed by atoms with Crippen LogP contribution < -0.4 is 5.43 Å². The Balaban J connectivity index is 2.08. The maximum Gasteiger partial charge on any atom is 0.200 e. The molecule has 2 aromatic heterocycles. The van der Waals surface area contributed by atoms with Crippen molar-refractivity contribution in [1.82, 2.24) is 0 Å². The first kappa shape index (κ1) is 11.1. The number of furan rings is 1. The van der Waals surface area contributed by atoms with Crippen molar-refractivity contribution in [3.8, 4) is 11.1 Å². The van der Waals surface area contributed by atoms with Crippen LogP contribution >= 0.6 is 0 Å². The molecule has 3 nitrogen and oxygen atoms in total. The zero-order chi connectivity index (χ0) is 13.5. The van der Waals surface area contributed by atoms with Crippen LogP contribution in [0.3, 0.4) is 0 Å². The van der Waals surface area contributed by atoms with Gasteiger partial charge in [-0.05, 0) is 17.7 Å². The van der Waals surface area contributed by atoms with Gasteiger partial charge in [0.15, 0.2) is 0 Å². The van der Waals surface area contributed by atoms with Crippen molar-refractivity contribution < 1.29 is 8.83 Å². The third-order valence-corrected chi connectivity index (χ3v) is 3.43. The van der Waals surface area contributed by atoms with Crippen LogP contribution in [0.15, 0.2) is 74.7 Å².